The smallest absolute Gasteiger partial charge is 0.373 e. The Bertz CT molecular complexity index is 1210. The zero-order chi connectivity index (χ0) is 27.9. The summed E-state index contributed by atoms with van der Waals surface area (Å²) in [5, 5.41) is 3.01. The summed E-state index contributed by atoms with van der Waals surface area (Å²) >= 11 is 0. The molecule has 6 nitrogen and oxygen atoms in total. The van der Waals surface area contributed by atoms with Gasteiger partial charge in [-0.25, -0.2) is 9.59 Å². The van der Waals surface area contributed by atoms with Crippen LogP contribution in [0.1, 0.15) is 57.1 Å². The van der Waals surface area contributed by atoms with E-state index in [2.05, 4.69) is 12.2 Å². The number of esters is 1. The van der Waals surface area contributed by atoms with Crippen molar-refractivity contribution in [3.8, 4) is 11.1 Å². The van der Waals surface area contributed by atoms with Crippen molar-refractivity contribution in [1.29, 1.82) is 0 Å². The lowest BCUT2D eigenvalue weighted by molar-refractivity contribution is -0.144. The fraction of sp³-hybridized carbons (Fsp3) is 0.333. The van der Waals surface area contributed by atoms with Gasteiger partial charge in [-0.3, -0.25) is 4.90 Å². The lowest BCUT2D eigenvalue weighted by Gasteiger charge is -2.19. The van der Waals surface area contributed by atoms with Crippen LogP contribution in [0.15, 0.2) is 84.6 Å². The highest BCUT2D eigenvalue weighted by atomic mass is 16.6. The molecule has 0 saturated carbocycles. The van der Waals surface area contributed by atoms with Crippen LogP contribution >= 0.6 is 0 Å². The fourth-order valence-corrected chi connectivity index (χ4v) is 4.09. The van der Waals surface area contributed by atoms with Gasteiger partial charge in [-0.1, -0.05) is 99.3 Å². The molecule has 0 aliphatic heterocycles. The van der Waals surface area contributed by atoms with Crippen molar-refractivity contribution in [1.82, 2.24) is 5.32 Å². The first kappa shape index (κ1) is 29.5. The van der Waals surface area contributed by atoms with Gasteiger partial charge in [-0.15, -0.1) is 0 Å². The minimum atomic E-state index is -0.500. The SMILES string of the molecule is CCCCCCCNC(=O)N(C)c1cccc(-c2ccc(/C=C(\OCC)C(=O)OCc3ccccc3)cc2)c1. The maximum atomic E-state index is 12.6. The molecule has 0 aliphatic rings. The van der Waals surface area contributed by atoms with Gasteiger partial charge >= 0.3 is 12.0 Å². The number of carbonyl (C=O) groups excluding carboxylic acids is 2. The molecule has 0 heterocycles. The van der Waals surface area contributed by atoms with Crippen molar-refractivity contribution in [2.75, 3.05) is 25.1 Å². The maximum absolute atomic E-state index is 12.6. The third-order valence-corrected chi connectivity index (χ3v) is 6.35. The largest absolute Gasteiger partial charge is 0.487 e. The molecule has 0 fully saturated rings. The van der Waals surface area contributed by atoms with E-state index in [0.717, 1.165) is 40.8 Å². The first-order valence-corrected chi connectivity index (χ1v) is 13.8. The zero-order valence-electron chi connectivity index (χ0n) is 23.3. The quantitative estimate of drug-likeness (QED) is 0.101. The third-order valence-electron chi connectivity index (χ3n) is 6.35. The number of nitrogens with zero attached hydrogens (tertiary/aromatic N) is 1. The van der Waals surface area contributed by atoms with Crippen LogP contribution in [-0.2, 0) is 20.9 Å². The molecule has 2 amide bonds. The van der Waals surface area contributed by atoms with Gasteiger partial charge in [0.15, 0.2) is 0 Å². The van der Waals surface area contributed by atoms with E-state index in [9.17, 15) is 9.59 Å². The average Bonchev–Trinajstić information content (AvgIpc) is 2.98. The summed E-state index contributed by atoms with van der Waals surface area (Å²) in [4.78, 5) is 26.9. The highest BCUT2D eigenvalue weighted by Gasteiger charge is 2.14. The average molecular weight is 529 g/mol. The predicted molar refractivity (Wildman–Crippen MR) is 158 cm³/mol. The van der Waals surface area contributed by atoms with Crippen LogP contribution in [0.5, 0.6) is 0 Å². The number of nitrogens with one attached hydrogen (secondary N) is 1. The zero-order valence-corrected chi connectivity index (χ0v) is 23.3. The number of anilines is 1. The van der Waals surface area contributed by atoms with E-state index >= 15 is 0 Å². The Kier molecular flexibility index (Phi) is 12.1. The number of hydrogen-bond acceptors (Lipinski definition) is 4. The lowest BCUT2D eigenvalue weighted by Crippen LogP contribution is -2.37. The number of unbranched alkanes of at least 4 members (excludes halogenated alkanes) is 4. The molecule has 39 heavy (non-hydrogen) atoms. The van der Waals surface area contributed by atoms with E-state index in [1.54, 1.807) is 18.0 Å². The van der Waals surface area contributed by atoms with Gasteiger partial charge in [0.1, 0.15) is 6.61 Å². The molecule has 3 aromatic carbocycles. The van der Waals surface area contributed by atoms with Gasteiger partial charge in [0.2, 0.25) is 5.76 Å². The first-order chi connectivity index (χ1) is 19.0. The number of ether oxygens (including phenoxy) is 2. The monoisotopic (exact) mass is 528 g/mol. The third kappa shape index (κ3) is 9.64. The maximum Gasteiger partial charge on any atom is 0.373 e. The molecule has 0 unspecified atom stereocenters. The molecular formula is C33H40N2O4. The van der Waals surface area contributed by atoms with Gasteiger partial charge in [0.05, 0.1) is 6.61 Å². The van der Waals surface area contributed by atoms with Crippen LogP contribution < -0.4 is 10.2 Å². The molecule has 0 spiro atoms. The van der Waals surface area contributed by atoms with Crippen molar-refractivity contribution in [3.05, 3.63) is 95.7 Å². The normalized spacial score (nSPS) is 11.1. The van der Waals surface area contributed by atoms with Gasteiger partial charge in [0.25, 0.3) is 0 Å². The van der Waals surface area contributed by atoms with E-state index in [0.29, 0.717) is 13.2 Å². The van der Waals surface area contributed by atoms with Gasteiger partial charge in [0, 0.05) is 19.3 Å². The van der Waals surface area contributed by atoms with Crippen LogP contribution in [0.4, 0.5) is 10.5 Å². The second-order valence-corrected chi connectivity index (χ2v) is 9.38. The number of amides is 2. The summed E-state index contributed by atoms with van der Waals surface area (Å²) in [6.45, 7) is 5.26. The van der Waals surface area contributed by atoms with Crippen LogP contribution in [0.25, 0.3) is 17.2 Å². The Balaban J connectivity index is 1.62. The number of hydrogen-bond donors (Lipinski definition) is 1. The lowest BCUT2D eigenvalue weighted by atomic mass is 10.0. The molecule has 0 radical (unpaired) electrons. The van der Waals surface area contributed by atoms with Crippen molar-refractivity contribution < 1.29 is 19.1 Å². The Morgan fingerprint density at radius 3 is 2.28 bits per heavy atom. The van der Waals surface area contributed by atoms with Crippen molar-refractivity contribution in [2.24, 2.45) is 0 Å². The van der Waals surface area contributed by atoms with Gasteiger partial charge < -0.3 is 14.8 Å². The van der Waals surface area contributed by atoms with E-state index in [1.165, 1.54) is 19.3 Å². The summed E-state index contributed by atoms with van der Waals surface area (Å²) in [5.41, 5.74) is 4.56. The van der Waals surface area contributed by atoms with Gasteiger partial charge in [-0.05, 0) is 53.8 Å². The Morgan fingerprint density at radius 2 is 1.56 bits per heavy atom. The van der Waals surface area contributed by atoms with Crippen LogP contribution in [-0.4, -0.2) is 32.2 Å². The Labute approximate surface area is 232 Å². The molecular weight excluding hydrogens is 488 g/mol. The first-order valence-electron chi connectivity index (χ1n) is 13.8. The number of benzene rings is 3. The topological polar surface area (TPSA) is 67.9 Å². The molecule has 3 aromatic rings. The van der Waals surface area contributed by atoms with E-state index in [-0.39, 0.29) is 18.4 Å². The van der Waals surface area contributed by atoms with Crippen LogP contribution in [0, 0.1) is 0 Å². The molecule has 3 rings (SSSR count). The molecule has 206 valence electrons. The van der Waals surface area contributed by atoms with Crippen LogP contribution in [0.3, 0.4) is 0 Å². The van der Waals surface area contributed by atoms with Crippen LogP contribution in [0.2, 0.25) is 0 Å². The summed E-state index contributed by atoms with van der Waals surface area (Å²) in [5.74, 6) is -0.332. The second-order valence-electron chi connectivity index (χ2n) is 9.38. The molecule has 0 saturated heterocycles. The van der Waals surface area contributed by atoms with E-state index in [4.69, 9.17) is 9.47 Å². The summed E-state index contributed by atoms with van der Waals surface area (Å²) < 4.78 is 11.0. The molecule has 0 bridgehead atoms. The highest BCUT2D eigenvalue weighted by molar-refractivity contribution is 5.92. The summed E-state index contributed by atoms with van der Waals surface area (Å²) in [6, 6.07) is 25.2. The van der Waals surface area contributed by atoms with Gasteiger partial charge in [-0.2, -0.15) is 0 Å². The molecule has 0 atom stereocenters. The minimum absolute atomic E-state index is 0.106. The summed E-state index contributed by atoms with van der Waals surface area (Å²) in [7, 11) is 1.78. The number of rotatable bonds is 14. The minimum Gasteiger partial charge on any atom is -0.487 e. The molecule has 0 aromatic heterocycles. The van der Waals surface area contributed by atoms with E-state index in [1.807, 2.05) is 85.8 Å². The van der Waals surface area contributed by atoms with E-state index < -0.39 is 5.97 Å². The standard InChI is InChI=1S/C33H40N2O4/c1-4-6-7-8-12-22-34-33(37)35(3)30-17-13-16-29(24-30)28-20-18-26(19-21-28)23-31(38-5-2)32(36)39-25-27-14-10-9-11-15-27/h9-11,13-21,23-24H,4-8,12,22,25H2,1-3H3,(H,34,37)/b31-23-. The Hall–Kier alpha value is -4.06. The second kappa shape index (κ2) is 16.0. The number of carbonyl (C=O) groups is 2. The van der Waals surface area contributed by atoms with Crippen molar-refractivity contribution in [2.45, 2.75) is 52.6 Å². The molecule has 6 heteroatoms. The predicted octanol–water partition coefficient (Wildman–Crippen LogP) is 7.59. The molecule has 0 aliphatic carbocycles. The summed E-state index contributed by atoms with van der Waals surface area (Å²) in [6.07, 6.45) is 7.49. The van der Waals surface area contributed by atoms with Crippen molar-refractivity contribution in [3.63, 3.8) is 0 Å². The highest BCUT2D eigenvalue weighted by Crippen LogP contribution is 2.25. The Morgan fingerprint density at radius 1 is 0.821 bits per heavy atom. The number of urea groups is 1. The molecule has 1 N–H and O–H groups in total. The fourth-order valence-electron chi connectivity index (χ4n) is 4.09. The van der Waals surface area contributed by atoms with Crippen molar-refractivity contribution >= 4 is 23.8 Å².